The Morgan fingerprint density at radius 3 is 3.00 bits per heavy atom. The first-order valence-electron chi connectivity index (χ1n) is 7.46. The van der Waals surface area contributed by atoms with Crippen LogP contribution in [0.2, 0.25) is 0 Å². The normalized spacial score (nSPS) is 25.1. The Hall–Kier alpha value is -1.71. The fraction of sp³-hybridized carbons (Fsp3) is 0.562. The molecule has 0 saturated heterocycles. The van der Waals surface area contributed by atoms with E-state index in [-0.39, 0.29) is 5.56 Å². The monoisotopic (exact) mass is 275 g/mol. The summed E-state index contributed by atoms with van der Waals surface area (Å²) in [5, 5.41) is 9.27. The highest BCUT2D eigenvalue weighted by Gasteiger charge is 2.32. The molecule has 0 aromatic heterocycles. The summed E-state index contributed by atoms with van der Waals surface area (Å²) in [7, 11) is 0. The number of anilines is 1. The maximum absolute atomic E-state index is 11.3. The second-order valence-electron chi connectivity index (χ2n) is 5.74. The molecular weight excluding hydrogens is 254 g/mol. The van der Waals surface area contributed by atoms with Gasteiger partial charge in [0, 0.05) is 6.04 Å². The molecule has 0 bridgehead atoms. The number of para-hydroxylation sites is 1. The van der Waals surface area contributed by atoms with Gasteiger partial charge in [-0.1, -0.05) is 19.4 Å². The van der Waals surface area contributed by atoms with E-state index in [0.717, 1.165) is 18.2 Å². The van der Waals surface area contributed by atoms with Crippen molar-refractivity contribution in [2.24, 2.45) is 5.92 Å². The third kappa shape index (κ3) is 2.23. The van der Waals surface area contributed by atoms with Gasteiger partial charge in [0.2, 0.25) is 0 Å². The number of nitrogens with zero attached hydrogens (tertiary/aromatic N) is 1. The van der Waals surface area contributed by atoms with Gasteiger partial charge < -0.3 is 14.7 Å². The van der Waals surface area contributed by atoms with Crippen LogP contribution in [0.4, 0.5) is 5.69 Å². The lowest BCUT2D eigenvalue weighted by Crippen LogP contribution is -2.40. The van der Waals surface area contributed by atoms with Gasteiger partial charge in [-0.3, -0.25) is 0 Å². The number of fused-ring (bicyclic) bond motifs is 1. The van der Waals surface area contributed by atoms with Gasteiger partial charge in [0.15, 0.2) is 5.75 Å². The van der Waals surface area contributed by atoms with Crippen LogP contribution >= 0.6 is 0 Å². The average Bonchev–Trinajstić information content (AvgIpc) is 2.94. The van der Waals surface area contributed by atoms with Gasteiger partial charge in [0.1, 0.15) is 12.2 Å². The summed E-state index contributed by atoms with van der Waals surface area (Å²) in [5.74, 6) is 0.446. The highest BCUT2D eigenvalue weighted by atomic mass is 16.5. The van der Waals surface area contributed by atoms with Crippen molar-refractivity contribution >= 4 is 11.7 Å². The molecule has 1 aliphatic carbocycles. The van der Waals surface area contributed by atoms with E-state index in [0.29, 0.717) is 18.4 Å². The Morgan fingerprint density at radius 1 is 1.45 bits per heavy atom. The topological polar surface area (TPSA) is 49.8 Å². The van der Waals surface area contributed by atoms with Crippen molar-refractivity contribution in [3.63, 3.8) is 0 Å². The summed E-state index contributed by atoms with van der Waals surface area (Å²) in [6.07, 6.45) is 4.94. The van der Waals surface area contributed by atoms with Crippen molar-refractivity contribution in [2.45, 2.75) is 38.6 Å². The van der Waals surface area contributed by atoms with Crippen LogP contribution in [0.1, 0.15) is 43.0 Å². The Balaban J connectivity index is 1.91. The molecule has 2 unspecified atom stereocenters. The van der Waals surface area contributed by atoms with Crippen molar-refractivity contribution in [2.75, 3.05) is 18.1 Å². The summed E-state index contributed by atoms with van der Waals surface area (Å²) >= 11 is 0. The zero-order chi connectivity index (χ0) is 14.1. The summed E-state index contributed by atoms with van der Waals surface area (Å²) in [4.78, 5) is 13.7. The van der Waals surface area contributed by atoms with Gasteiger partial charge in [-0.15, -0.1) is 0 Å². The van der Waals surface area contributed by atoms with E-state index >= 15 is 0 Å². The second-order valence-corrected chi connectivity index (χ2v) is 5.74. The molecule has 2 atom stereocenters. The lowest BCUT2D eigenvalue weighted by molar-refractivity contribution is 0.0692. The van der Waals surface area contributed by atoms with Crippen LogP contribution in [0.5, 0.6) is 5.75 Å². The quantitative estimate of drug-likeness (QED) is 0.920. The highest BCUT2D eigenvalue weighted by molar-refractivity contribution is 5.93. The molecule has 0 amide bonds. The van der Waals surface area contributed by atoms with Crippen LogP contribution in [0.15, 0.2) is 18.2 Å². The molecule has 1 heterocycles. The zero-order valence-electron chi connectivity index (χ0n) is 11.8. The molecule has 1 fully saturated rings. The SMILES string of the molecule is CCC1CCC(N2CCOc3c(C(=O)O)cccc32)C1. The van der Waals surface area contributed by atoms with E-state index in [2.05, 4.69) is 11.8 Å². The van der Waals surface area contributed by atoms with Gasteiger partial charge in [-0.25, -0.2) is 4.79 Å². The molecule has 4 heteroatoms. The van der Waals surface area contributed by atoms with Crippen molar-refractivity contribution in [3.8, 4) is 5.75 Å². The van der Waals surface area contributed by atoms with Crippen LogP contribution < -0.4 is 9.64 Å². The minimum atomic E-state index is -0.915. The van der Waals surface area contributed by atoms with Crippen LogP contribution in [-0.2, 0) is 0 Å². The largest absolute Gasteiger partial charge is 0.489 e. The van der Waals surface area contributed by atoms with Gasteiger partial charge >= 0.3 is 5.97 Å². The number of ether oxygens (including phenoxy) is 1. The fourth-order valence-electron chi connectivity index (χ4n) is 3.52. The Kier molecular flexibility index (Phi) is 3.55. The van der Waals surface area contributed by atoms with E-state index in [4.69, 9.17) is 4.74 Å². The van der Waals surface area contributed by atoms with Gasteiger partial charge in [0.25, 0.3) is 0 Å². The second kappa shape index (κ2) is 5.35. The number of carboxylic acid groups (broad SMARTS) is 1. The number of hydrogen-bond donors (Lipinski definition) is 1. The first-order chi connectivity index (χ1) is 9.70. The Morgan fingerprint density at radius 2 is 2.30 bits per heavy atom. The third-order valence-corrected chi connectivity index (χ3v) is 4.64. The number of hydrogen-bond acceptors (Lipinski definition) is 3. The average molecular weight is 275 g/mol. The standard InChI is InChI=1S/C16H21NO3/c1-2-11-6-7-12(10-11)17-8-9-20-15-13(16(18)19)4-3-5-14(15)17/h3-5,11-12H,2,6-10H2,1H3,(H,18,19). The van der Waals surface area contributed by atoms with Crippen LogP contribution in [0.3, 0.4) is 0 Å². The summed E-state index contributed by atoms with van der Waals surface area (Å²) in [5.41, 5.74) is 1.23. The van der Waals surface area contributed by atoms with E-state index in [1.807, 2.05) is 12.1 Å². The van der Waals surface area contributed by atoms with Crippen LogP contribution in [0, 0.1) is 5.92 Å². The highest BCUT2D eigenvalue weighted by Crippen LogP contribution is 2.40. The molecule has 4 nitrogen and oxygen atoms in total. The first kappa shape index (κ1) is 13.3. The van der Waals surface area contributed by atoms with Gasteiger partial charge in [-0.05, 0) is 37.3 Å². The fourth-order valence-corrected chi connectivity index (χ4v) is 3.52. The number of rotatable bonds is 3. The number of carboxylic acids is 1. The Bertz CT molecular complexity index is 514. The van der Waals surface area contributed by atoms with E-state index in [9.17, 15) is 9.90 Å². The lowest BCUT2D eigenvalue weighted by atomic mass is 10.0. The summed E-state index contributed by atoms with van der Waals surface area (Å²) < 4.78 is 5.64. The maximum Gasteiger partial charge on any atom is 0.339 e. The number of aromatic carboxylic acids is 1. The predicted octanol–water partition coefficient (Wildman–Crippen LogP) is 3.16. The first-order valence-corrected chi connectivity index (χ1v) is 7.46. The molecule has 1 aromatic rings. The van der Waals surface area contributed by atoms with Crippen molar-refractivity contribution in [1.82, 2.24) is 0 Å². The third-order valence-electron chi connectivity index (χ3n) is 4.64. The molecule has 1 aliphatic heterocycles. The van der Waals surface area contributed by atoms with Crippen molar-refractivity contribution in [3.05, 3.63) is 23.8 Å². The molecule has 1 N–H and O–H groups in total. The van der Waals surface area contributed by atoms with Gasteiger partial charge in [0.05, 0.1) is 12.2 Å². The zero-order valence-corrected chi connectivity index (χ0v) is 11.8. The van der Waals surface area contributed by atoms with E-state index in [1.54, 1.807) is 6.07 Å². The van der Waals surface area contributed by atoms with Crippen LogP contribution in [-0.4, -0.2) is 30.3 Å². The molecule has 1 aromatic carbocycles. The molecule has 0 spiro atoms. The molecule has 2 aliphatic rings. The maximum atomic E-state index is 11.3. The minimum Gasteiger partial charge on any atom is -0.489 e. The molecule has 0 radical (unpaired) electrons. The van der Waals surface area contributed by atoms with E-state index in [1.165, 1.54) is 25.7 Å². The van der Waals surface area contributed by atoms with Crippen molar-refractivity contribution < 1.29 is 14.6 Å². The van der Waals surface area contributed by atoms with Gasteiger partial charge in [-0.2, -0.15) is 0 Å². The molecule has 108 valence electrons. The Labute approximate surface area is 119 Å². The molecule has 3 rings (SSSR count). The van der Waals surface area contributed by atoms with Crippen molar-refractivity contribution in [1.29, 1.82) is 0 Å². The summed E-state index contributed by atoms with van der Waals surface area (Å²) in [6, 6.07) is 5.96. The summed E-state index contributed by atoms with van der Waals surface area (Å²) in [6.45, 7) is 3.69. The molecule has 1 saturated carbocycles. The number of benzene rings is 1. The van der Waals surface area contributed by atoms with E-state index < -0.39 is 5.97 Å². The lowest BCUT2D eigenvalue weighted by Gasteiger charge is -2.36. The smallest absolute Gasteiger partial charge is 0.339 e. The molecular formula is C16H21NO3. The predicted molar refractivity (Wildman–Crippen MR) is 77.7 cm³/mol. The van der Waals surface area contributed by atoms with Crippen LogP contribution in [0.25, 0.3) is 0 Å². The number of carbonyl (C=O) groups is 1. The molecule has 20 heavy (non-hydrogen) atoms. The minimum absolute atomic E-state index is 0.275.